The maximum atomic E-state index is 5.92. The van der Waals surface area contributed by atoms with Crippen LogP contribution in [0.2, 0.25) is 0 Å². The lowest BCUT2D eigenvalue weighted by atomic mass is 10.1. The van der Waals surface area contributed by atoms with E-state index in [1.165, 1.54) is 103 Å². The van der Waals surface area contributed by atoms with Gasteiger partial charge >= 0.3 is 0 Å². The van der Waals surface area contributed by atoms with Crippen LogP contribution in [0.5, 0.6) is 0 Å². The lowest BCUT2D eigenvalue weighted by Crippen LogP contribution is -2.42. The zero-order valence-electron chi connectivity index (χ0n) is 17.6. The van der Waals surface area contributed by atoms with Crippen LogP contribution in [0.3, 0.4) is 0 Å². The average Bonchev–Trinajstić information content (AvgIpc) is 2.55. The van der Waals surface area contributed by atoms with Crippen LogP contribution in [-0.2, 0) is 4.74 Å². The SMILES string of the molecule is CCCCCCCCCC[N+](C)(C)COCCCCCCCCC. The summed E-state index contributed by atoms with van der Waals surface area (Å²) in [4.78, 5) is 0. The van der Waals surface area contributed by atoms with Crippen molar-refractivity contribution in [1.82, 2.24) is 0 Å². The molecule has 0 aromatic heterocycles. The third-order valence-electron chi connectivity index (χ3n) is 4.95. The predicted octanol–water partition coefficient (Wildman–Crippen LogP) is 6.93. The molecular weight excluding hydrogens is 294 g/mol. The van der Waals surface area contributed by atoms with Crippen LogP contribution in [0.4, 0.5) is 0 Å². The van der Waals surface area contributed by atoms with E-state index in [9.17, 15) is 0 Å². The molecule has 0 fully saturated rings. The van der Waals surface area contributed by atoms with E-state index in [1.807, 2.05) is 0 Å². The highest BCUT2D eigenvalue weighted by molar-refractivity contribution is 4.46. The molecule has 0 rings (SSSR count). The minimum atomic E-state index is 0.881. The van der Waals surface area contributed by atoms with Crippen molar-refractivity contribution < 1.29 is 9.22 Å². The molecule has 0 N–H and O–H groups in total. The van der Waals surface area contributed by atoms with Gasteiger partial charge in [0.1, 0.15) is 0 Å². The molecule has 0 amide bonds. The van der Waals surface area contributed by atoms with Gasteiger partial charge in [0.25, 0.3) is 0 Å². The maximum absolute atomic E-state index is 5.92. The molecule has 0 aliphatic rings. The third kappa shape index (κ3) is 18.3. The van der Waals surface area contributed by atoms with E-state index in [1.54, 1.807) is 0 Å². The van der Waals surface area contributed by atoms with Gasteiger partial charge < -0.3 is 9.22 Å². The summed E-state index contributed by atoms with van der Waals surface area (Å²) >= 11 is 0. The van der Waals surface area contributed by atoms with E-state index in [0.29, 0.717) is 0 Å². The smallest absolute Gasteiger partial charge is 0.182 e. The minimum Gasteiger partial charge on any atom is -0.332 e. The Morgan fingerprint density at radius 2 is 0.958 bits per heavy atom. The van der Waals surface area contributed by atoms with Gasteiger partial charge in [0, 0.05) is 0 Å². The molecule has 2 heteroatoms. The van der Waals surface area contributed by atoms with Crippen LogP contribution >= 0.6 is 0 Å². The number of quaternary nitrogens is 1. The highest BCUT2D eigenvalue weighted by atomic mass is 16.5. The van der Waals surface area contributed by atoms with Crippen LogP contribution in [0.15, 0.2) is 0 Å². The third-order valence-corrected chi connectivity index (χ3v) is 4.95. The Morgan fingerprint density at radius 3 is 1.46 bits per heavy atom. The largest absolute Gasteiger partial charge is 0.332 e. The molecule has 0 aromatic carbocycles. The monoisotopic (exact) mass is 342 g/mol. The Kier molecular flexibility index (Phi) is 17.7. The minimum absolute atomic E-state index is 0.881. The highest BCUT2D eigenvalue weighted by Gasteiger charge is 2.14. The molecular formula is C22H48NO+. The number of ether oxygens (including phenoxy) is 1. The fourth-order valence-corrected chi connectivity index (χ4v) is 3.21. The van der Waals surface area contributed by atoms with Crippen LogP contribution < -0.4 is 0 Å². The van der Waals surface area contributed by atoms with E-state index < -0.39 is 0 Å². The standard InChI is InChI=1S/C22H48NO/c1-5-7-9-11-13-14-16-18-20-23(3,4)22-24-21-19-17-15-12-10-8-6-2/h5-22H2,1-4H3/q+1. The highest BCUT2D eigenvalue weighted by Crippen LogP contribution is 2.11. The zero-order chi connectivity index (χ0) is 17.9. The Balaban J connectivity index is 3.32. The van der Waals surface area contributed by atoms with E-state index in [2.05, 4.69) is 27.9 Å². The predicted molar refractivity (Wildman–Crippen MR) is 108 cm³/mol. The molecule has 0 aliphatic carbocycles. The van der Waals surface area contributed by atoms with E-state index in [-0.39, 0.29) is 0 Å². The Morgan fingerprint density at radius 1 is 0.542 bits per heavy atom. The van der Waals surface area contributed by atoms with Gasteiger partial charge in [-0.05, 0) is 19.3 Å². The fourth-order valence-electron chi connectivity index (χ4n) is 3.21. The number of hydrogen-bond donors (Lipinski definition) is 0. The summed E-state index contributed by atoms with van der Waals surface area (Å²) in [6.07, 6.45) is 20.8. The first-order chi connectivity index (χ1) is 11.6. The molecule has 0 heterocycles. The normalized spacial score (nSPS) is 12.0. The summed E-state index contributed by atoms with van der Waals surface area (Å²) in [6, 6.07) is 0. The molecule has 0 aromatic rings. The van der Waals surface area contributed by atoms with Gasteiger partial charge in [-0.3, -0.25) is 0 Å². The number of unbranched alkanes of at least 4 members (excludes halogenated alkanes) is 13. The number of rotatable bonds is 19. The molecule has 24 heavy (non-hydrogen) atoms. The van der Waals surface area contributed by atoms with Crippen LogP contribution in [-0.4, -0.2) is 38.5 Å². The van der Waals surface area contributed by atoms with E-state index >= 15 is 0 Å². The Hall–Kier alpha value is -0.0800. The van der Waals surface area contributed by atoms with Crippen molar-refractivity contribution in [2.45, 2.75) is 110 Å². The maximum Gasteiger partial charge on any atom is 0.182 e. The first kappa shape index (κ1) is 23.9. The molecule has 2 nitrogen and oxygen atoms in total. The lowest BCUT2D eigenvalue weighted by molar-refractivity contribution is -0.909. The van der Waals surface area contributed by atoms with Gasteiger partial charge in [-0.2, -0.15) is 0 Å². The quantitative estimate of drug-likeness (QED) is 0.140. The second-order valence-electron chi connectivity index (χ2n) is 8.29. The van der Waals surface area contributed by atoms with Crippen LogP contribution in [0, 0.1) is 0 Å². The van der Waals surface area contributed by atoms with Gasteiger partial charge in [0.05, 0.1) is 27.2 Å². The summed E-state index contributed by atoms with van der Waals surface area (Å²) in [5.41, 5.74) is 0. The summed E-state index contributed by atoms with van der Waals surface area (Å²) in [7, 11) is 4.62. The van der Waals surface area contributed by atoms with Crippen molar-refractivity contribution in [2.75, 3.05) is 34.0 Å². The van der Waals surface area contributed by atoms with Gasteiger partial charge in [-0.25, -0.2) is 0 Å². The van der Waals surface area contributed by atoms with E-state index in [0.717, 1.165) is 17.8 Å². The topological polar surface area (TPSA) is 9.23 Å². The number of nitrogens with zero attached hydrogens (tertiary/aromatic N) is 1. The molecule has 0 spiro atoms. The van der Waals surface area contributed by atoms with Crippen molar-refractivity contribution in [3.8, 4) is 0 Å². The second kappa shape index (κ2) is 17.7. The second-order valence-corrected chi connectivity index (χ2v) is 8.29. The number of hydrogen-bond acceptors (Lipinski definition) is 1. The van der Waals surface area contributed by atoms with Crippen LogP contribution in [0.1, 0.15) is 110 Å². The molecule has 0 atom stereocenters. The molecule has 146 valence electrons. The summed E-state index contributed by atoms with van der Waals surface area (Å²) in [5, 5.41) is 0. The zero-order valence-corrected chi connectivity index (χ0v) is 17.6. The van der Waals surface area contributed by atoms with Crippen LogP contribution in [0.25, 0.3) is 0 Å². The van der Waals surface area contributed by atoms with Gasteiger partial charge in [0.15, 0.2) is 6.73 Å². The van der Waals surface area contributed by atoms with Gasteiger partial charge in [-0.1, -0.05) is 90.9 Å². The summed E-state index contributed by atoms with van der Waals surface area (Å²) in [6.45, 7) is 7.66. The van der Waals surface area contributed by atoms with E-state index in [4.69, 9.17) is 4.74 Å². The Labute approximate surface area is 153 Å². The van der Waals surface area contributed by atoms with Crippen molar-refractivity contribution in [2.24, 2.45) is 0 Å². The molecule has 0 unspecified atom stereocenters. The summed E-state index contributed by atoms with van der Waals surface area (Å²) < 4.78 is 6.94. The average molecular weight is 343 g/mol. The lowest BCUT2D eigenvalue weighted by Gasteiger charge is -2.29. The summed E-state index contributed by atoms with van der Waals surface area (Å²) in [5.74, 6) is 0. The van der Waals surface area contributed by atoms with Crippen molar-refractivity contribution in [1.29, 1.82) is 0 Å². The first-order valence-electron chi connectivity index (χ1n) is 11.0. The molecule has 0 saturated heterocycles. The first-order valence-corrected chi connectivity index (χ1v) is 11.0. The molecule has 0 radical (unpaired) electrons. The van der Waals surface area contributed by atoms with Gasteiger partial charge in [0.2, 0.25) is 0 Å². The van der Waals surface area contributed by atoms with Crippen molar-refractivity contribution in [3.63, 3.8) is 0 Å². The molecule has 0 bridgehead atoms. The molecule has 0 saturated carbocycles. The van der Waals surface area contributed by atoms with Gasteiger partial charge in [-0.15, -0.1) is 0 Å². The van der Waals surface area contributed by atoms with Crippen molar-refractivity contribution >= 4 is 0 Å². The molecule has 0 aliphatic heterocycles. The Bertz CT molecular complexity index is 240. The fraction of sp³-hybridized carbons (Fsp3) is 1.00. The van der Waals surface area contributed by atoms with Crippen molar-refractivity contribution in [3.05, 3.63) is 0 Å².